The SMILES string of the molecule is Cc1ccc(C2CN(C(=O)c3ccco3)C(C)CO2)cc1. The molecule has 2 atom stereocenters. The summed E-state index contributed by atoms with van der Waals surface area (Å²) in [5.74, 6) is 0.305. The standard InChI is InChI=1S/C17H19NO3/c1-12-5-7-14(8-6-12)16-10-18(13(2)11-21-16)17(19)15-4-3-9-20-15/h3-9,13,16H,10-11H2,1-2H3. The first kappa shape index (κ1) is 13.9. The molecule has 3 rings (SSSR count). The van der Waals surface area contributed by atoms with Gasteiger partial charge in [-0.1, -0.05) is 29.8 Å². The molecule has 1 amide bonds. The molecule has 0 N–H and O–H groups in total. The maximum Gasteiger partial charge on any atom is 0.289 e. The van der Waals surface area contributed by atoms with Crippen molar-refractivity contribution < 1.29 is 13.9 Å². The Labute approximate surface area is 124 Å². The predicted octanol–water partition coefficient (Wildman–Crippen LogP) is 3.19. The summed E-state index contributed by atoms with van der Waals surface area (Å²) in [7, 11) is 0. The first-order valence-electron chi connectivity index (χ1n) is 7.18. The molecule has 1 aliphatic heterocycles. The quantitative estimate of drug-likeness (QED) is 0.851. The van der Waals surface area contributed by atoms with Gasteiger partial charge in [-0.15, -0.1) is 0 Å². The van der Waals surface area contributed by atoms with Crippen LogP contribution in [0.25, 0.3) is 0 Å². The lowest BCUT2D eigenvalue weighted by atomic mass is 10.0. The van der Waals surface area contributed by atoms with E-state index in [4.69, 9.17) is 9.15 Å². The summed E-state index contributed by atoms with van der Waals surface area (Å²) in [4.78, 5) is 14.3. The van der Waals surface area contributed by atoms with E-state index in [9.17, 15) is 4.79 Å². The number of hydrogen-bond donors (Lipinski definition) is 0. The van der Waals surface area contributed by atoms with Crippen LogP contribution >= 0.6 is 0 Å². The lowest BCUT2D eigenvalue weighted by Crippen LogP contribution is -2.48. The minimum Gasteiger partial charge on any atom is -0.459 e. The van der Waals surface area contributed by atoms with Crippen molar-refractivity contribution in [3.05, 3.63) is 59.5 Å². The van der Waals surface area contributed by atoms with Gasteiger partial charge in [0.2, 0.25) is 0 Å². The fourth-order valence-electron chi connectivity index (χ4n) is 2.56. The van der Waals surface area contributed by atoms with Gasteiger partial charge in [-0.3, -0.25) is 4.79 Å². The largest absolute Gasteiger partial charge is 0.459 e. The van der Waals surface area contributed by atoms with Crippen molar-refractivity contribution in [2.75, 3.05) is 13.2 Å². The normalized spacial score (nSPS) is 22.3. The monoisotopic (exact) mass is 285 g/mol. The summed E-state index contributed by atoms with van der Waals surface area (Å²) < 4.78 is 11.1. The number of aryl methyl sites for hydroxylation is 1. The molecule has 21 heavy (non-hydrogen) atoms. The second kappa shape index (κ2) is 5.74. The fraction of sp³-hybridized carbons (Fsp3) is 0.353. The van der Waals surface area contributed by atoms with Crippen LogP contribution in [0.3, 0.4) is 0 Å². The van der Waals surface area contributed by atoms with Gasteiger partial charge in [0.1, 0.15) is 6.10 Å². The van der Waals surface area contributed by atoms with Crippen molar-refractivity contribution in [3.63, 3.8) is 0 Å². The van der Waals surface area contributed by atoms with Crippen molar-refractivity contribution in [3.8, 4) is 0 Å². The van der Waals surface area contributed by atoms with Crippen LogP contribution in [0.15, 0.2) is 47.1 Å². The Bertz CT molecular complexity index is 603. The Morgan fingerprint density at radius 2 is 2.00 bits per heavy atom. The van der Waals surface area contributed by atoms with E-state index in [0.717, 1.165) is 5.56 Å². The molecule has 0 aliphatic carbocycles. The molecule has 2 aromatic rings. The number of carbonyl (C=O) groups excluding carboxylic acids is 1. The first-order valence-corrected chi connectivity index (χ1v) is 7.18. The highest BCUT2D eigenvalue weighted by atomic mass is 16.5. The van der Waals surface area contributed by atoms with Gasteiger partial charge < -0.3 is 14.1 Å². The summed E-state index contributed by atoms with van der Waals surface area (Å²) in [5.41, 5.74) is 2.32. The smallest absolute Gasteiger partial charge is 0.289 e. The molecule has 4 heteroatoms. The summed E-state index contributed by atoms with van der Waals surface area (Å²) in [6.45, 7) is 5.13. The Balaban J connectivity index is 1.78. The third-order valence-electron chi connectivity index (χ3n) is 3.88. The number of furan rings is 1. The van der Waals surface area contributed by atoms with Crippen LogP contribution in [0.4, 0.5) is 0 Å². The number of nitrogens with zero attached hydrogens (tertiary/aromatic N) is 1. The molecule has 1 aromatic carbocycles. The predicted molar refractivity (Wildman–Crippen MR) is 79.1 cm³/mol. The Kier molecular flexibility index (Phi) is 3.80. The number of amides is 1. The molecule has 0 bridgehead atoms. The molecule has 1 fully saturated rings. The van der Waals surface area contributed by atoms with Crippen molar-refractivity contribution in [2.24, 2.45) is 0 Å². The van der Waals surface area contributed by atoms with Crippen molar-refractivity contribution in [1.29, 1.82) is 0 Å². The number of morpholine rings is 1. The number of carbonyl (C=O) groups is 1. The molecule has 1 aromatic heterocycles. The molecule has 2 unspecified atom stereocenters. The maximum absolute atomic E-state index is 12.5. The van der Waals surface area contributed by atoms with E-state index >= 15 is 0 Å². The van der Waals surface area contributed by atoms with Gasteiger partial charge in [-0.05, 0) is 31.5 Å². The van der Waals surface area contributed by atoms with E-state index in [-0.39, 0.29) is 18.1 Å². The average Bonchev–Trinajstić information content (AvgIpc) is 3.02. The lowest BCUT2D eigenvalue weighted by molar-refractivity contribution is -0.0495. The Morgan fingerprint density at radius 1 is 1.24 bits per heavy atom. The fourth-order valence-corrected chi connectivity index (χ4v) is 2.56. The molecule has 4 nitrogen and oxygen atoms in total. The minimum atomic E-state index is -0.0827. The molecular weight excluding hydrogens is 266 g/mol. The topological polar surface area (TPSA) is 42.7 Å². The van der Waals surface area contributed by atoms with Crippen LogP contribution in [0, 0.1) is 6.92 Å². The van der Waals surface area contributed by atoms with Crippen molar-refractivity contribution in [2.45, 2.75) is 26.0 Å². The number of benzene rings is 1. The second-order valence-electron chi connectivity index (χ2n) is 5.52. The van der Waals surface area contributed by atoms with Crippen LogP contribution in [-0.4, -0.2) is 30.0 Å². The third-order valence-corrected chi connectivity index (χ3v) is 3.88. The van der Waals surface area contributed by atoms with Gasteiger partial charge >= 0.3 is 0 Å². The average molecular weight is 285 g/mol. The van der Waals surface area contributed by atoms with E-state index in [2.05, 4.69) is 31.2 Å². The van der Waals surface area contributed by atoms with E-state index in [1.807, 2.05) is 11.8 Å². The van der Waals surface area contributed by atoms with E-state index < -0.39 is 0 Å². The van der Waals surface area contributed by atoms with Gasteiger partial charge in [0, 0.05) is 0 Å². The molecule has 1 saturated heterocycles. The van der Waals surface area contributed by atoms with E-state index in [1.54, 1.807) is 12.1 Å². The van der Waals surface area contributed by atoms with Gasteiger partial charge in [0.25, 0.3) is 5.91 Å². The van der Waals surface area contributed by atoms with Crippen LogP contribution in [-0.2, 0) is 4.74 Å². The third kappa shape index (κ3) is 2.85. The number of hydrogen-bond acceptors (Lipinski definition) is 3. The van der Waals surface area contributed by atoms with Crippen LogP contribution in [0.1, 0.15) is 34.7 Å². The number of rotatable bonds is 2. The summed E-state index contributed by atoms with van der Waals surface area (Å²) in [6, 6.07) is 11.7. The Morgan fingerprint density at radius 3 is 2.67 bits per heavy atom. The van der Waals surface area contributed by atoms with E-state index in [1.165, 1.54) is 11.8 Å². The van der Waals surface area contributed by atoms with Crippen LogP contribution in [0.5, 0.6) is 0 Å². The molecule has 2 heterocycles. The van der Waals surface area contributed by atoms with E-state index in [0.29, 0.717) is 18.9 Å². The minimum absolute atomic E-state index is 0.0456. The second-order valence-corrected chi connectivity index (χ2v) is 5.52. The zero-order valence-electron chi connectivity index (χ0n) is 12.3. The highest BCUT2D eigenvalue weighted by Gasteiger charge is 2.32. The highest BCUT2D eigenvalue weighted by Crippen LogP contribution is 2.26. The molecule has 1 aliphatic rings. The van der Waals surface area contributed by atoms with Gasteiger partial charge in [-0.25, -0.2) is 0 Å². The molecule has 110 valence electrons. The first-order chi connectivity index (χ1) is 10.1. The summed E-state index contributed by atoms with van der Waals surface area (Å²) in [5, 5.41) is 0. The van der Waals surface area contributed by atoms with Crippen LogP contribution in [0.2, 0.25) is 0 Å². The lowest BCUT2D eigenvalue weighted by Gasteiger charge is -2.37. The molecule has 0 spiro atoms. The zero-order valence-corrected chi connectivity index (χ0v) is 12.3. The summed E-state index contributed by atoms with van der Waals surface area (Å²) in [6.07, 6.45) is 1.44. The molecule has 0 radical (unpaired) electrons. The van der Waals surface area contributed by atoms with Gasteiger partial charge in [0.05, 0.1) is 25.5 Å². The van der Waals surface area contributed by atoms with Crippen molar-refractivity contribution >= 4 is 5.91 Å². The maximum atomic E-state index is 12.5. The summed E-state index contributed by atoms with van der Waals surface area (Å²) >= 11 is 0. The number of ether oxygens (including phenoxy) is 1. The van der Waals surface area contributed by atoms with Gasteiger partial charge in [0.15, 0.2) is 5.76 Å². The van der Waals surface area contributed by atoms with Crippen molar-refractivity contribution in [1.82, 2.24) is 4.90 Å². The zero-order chi connectivity index (χ0) is 14.8. The molecule has 0 saturated carbocycles. The molecular formula is C17H19NO3. The van der Waals surface area contributed by atoms with Gasteiger partial charge in [-0.2, -0.15) is 0 Å². The van der Waals surface area contributed by atoms with Crippen LogP contribution < -0.4 is 0 Å². The Hall–Kier alpha value is -2.07. The highest BCUT2D eigenvalue weighted by molar-refractivity contribution is 5.91.